The van der Waals surface area contributed by atoms with Gasteiger partial charge in [0.05, 0.1) is 8.48 Å². The normalized spacial score (nSPS) is 25.5. The molecule has 0 bridgehead atoms. The van der Waals surface area contributed by atoms with Gasteiger partial charge in [-0.3, -0.25) is 14.6 Å². The Hall–Kier alpha value is -3.28. The van der Waals surface area contributed by atoms with E-state index < -0.39 is 65.0 Å². The van der Waals surface area contributed by atoms with Crippen LogP contribution in [0.1, 0.15) is 37.2 Å². The van der Waals surface area contributed by atoms with E-state index in [4.69, 9.17) is 16.6 Å². The first-order valence-electron chi connectivity index (χ1n) is 10.1. The van der Waals surface area contributed by atoms with Crippen molar-refractivity contribution in [1.82, 2.24) is 4.98 Å². The predicted octanol–water partition coefficient (Wildman–Crippen LogP) is 3.55. The van der Waals surface area contributed by atoms with E-state index in [1.807, 2.05) is 0 Å². The summed E-state index contributed by atoms with van der Waals surface area (Å²) in [5.41, 5.74) is 1.74. The van der Waals surface area contributed by atoms with Gasteiger partial charge in [-0.1, -0.05) is 13.0 Å². The van der Waals surface area contributed by atoms with Crippen molar-refractivity contribution >= 4 is 17.5 Å². The summed E-state index contributed by atoms with van der Waals surface area (Å²) >= 11 is 0. The Labute approximate surface area is 186 Å². The van der Waals surface area contributed by atoms with Crippen molar-refractivity contribution in [2.45, 2.75) is 37.6 Å². The number of rotatable bonds is 5. The third kappa shape index (κ3) is 4.22. The summed E-state index contributed by atoms with van der Waals surface area (Å²) in [6.45, 7) is 1.89. The zero-order chi connectivity index (χ0) is 25.6. The van der Waals surface area contributed by atoms with Gasteiger partial charge in [-0.15, -0.1) is 0 Å². The van der Waals surface area contributed by atoms with Crippen molar-refractivity contribution in [3.63, 3.8) is 0 Å². The van der Waals surface area contributed by atoms with Crippen LogP contribution in [0, 0.1) is 17.6 Å². The second kappa shape index (κ2) is 8.58. The minimum absolute atomic E-state index is 0.0113. The number of carbonyl (C=O) groups is 2. The van der Waals surface area contributed by atoms with E-state index in [9.17, 15) is 31.5 Å². The number of pyridine rings is 1. The molecule has 0 saturated carbocycles. The molecule has 1 aliphatic rings. The lowest BCUT2D eigenvalue weighted by molar-refractivity contribution is -0.272. The number of hydrogen-bond acceptors (Lipinski definition) is 5. The molecule has 1 aromatic heterocycles. The number of halogens is 5. The van der Waals surface area contributed by atoms with E-state index >= 15 is 0 Å². The molecular formula is C21H20F5N3O4. The molecular weight excluding hydrogens is 453 g/mol. The van der Waals surface area contributed by atoms with Crippen LogP contribution in [0.15, 0.2) is 30.4 Å². The van der Waals surface area contributed by atoms with Crippen LogP contribution < -0.4 is 15.8 Å². The average Bonchev–Trinajstić information content (AvgIpc) is 3.04. The average molecular weight is 474 g/mol. The van der Waals surface area contributed by atoms with Gasteiger partial charge < -0.3 is 20.5 Å². The maximum absolute atomic E-state index is 14.5. The fraction of sp³-hybridized carbons (Fsp3) is 0.381. The third-order valence-corrected chi connectivity index (χ3v) is 5.78. The van der Waals surface area contributed by atoms with Gasteiger partial charge in [0.15, 0.2) is 17.2 Å². The zero-order valence-electron chi connectivity index (χ0n) is 18.6. The Balaban J connectivity index is 2.12. The lowest BCUT2D eigenvalue weighted by atomic mass is 9.77. The van der Waals surface area contributed by atoms with Gasteiger partial charge in [-0.05, 0) is 25.1 Å². The molecule has 1 fully saturated rings. The summed E-state index contributed by atoms with van der Waals surface area (Å²) < 4.78 is 88.2. The highest BCUT2D eigenvalue weighted by Gasteiger charge is 2.65. The fourth-order valence-electron chi connectivity index (χ4n) is 3.83. The molecule has 1 aromatic carbocycles. The molecule has 2 amide bonds. The number of benzene rings is 1. The number of anilines is 1. The molecule has 0 radical (unpaired) electrons. The predicted molar refractivity (Wildman–Crippen MR) is 106 cm³/mol. The smallest absolute Gasteiger partial charge is 0.417 e. The minimum Gasteiger partial charge on any atom is -0.493 e. The second-order valence-electron chi connectivity index (χ2n) is 7.65. The van der Waals surface area contributed by atoms with Crippen molar-refractivity contribution in [3.8, 4) is 5.75 Å². The summed E-state index contributed by atoms with van der Waals surface area (Å²) in [5, 5.41) is 2.33. The van der Waals surface area contributed by atoms with Crippen molar-refractivity contribution in [1.29, 1.82) is 0 Å². The fourth-order valence-corrected chi connectivity index (χ4v) is 3.83. The van der Waals surface area contributed by atoms with Crippen LogP contribution in [0.25, 0.3) is 0 Å². The van der Waals surface area contributed by atoms with Crippen LogP contribution >= 0.6 is 0 Å². The Kier molecular flexibility index (Phi) is 5.95. The number of aromatic nitrogens is 1. The van der Waals surface area contributed by atoms with Gasteiger partial charge in [0, 0.05) is 29.3 Å². The van der Waals surface area contributed by atoms with Crippen LogP contribution in [0.2, 0.25) is 0 Å². The number of carbonyl (C=O) groups excluding carboxylic acids is 2. The van der Waals surface area contributed by atoms with E-state index in [0.717, 1.165) is 39.3 Å². The summed E-state index contributed by atoms with van der Waals surface area (Å²) in [6.07, 6.45) is -5.65. The van der Waals surface area contributed by atoms with Crippen molar-refractivity contribution in [2.75, 3.05) is 12.4 Å². The van der Waals surface area contributed by atoms with Crippen molar-refractivity contribution in [3.05, 3.63) is 53.3 Å². The Morgan fingerprint density at radius 1 is 1.33 bits per heavy atom. The van der Waals surface area contributed by atoms with Gasteiger partial charge in [0.25, 0.3) is 11.8 Å². The monoisotopic (exact) mass is 474 g/mol. The molecule has 3 N–H and O–H groups in total. The molecule has 4 atom stereocenters. The van der Waals surface area contributed by atoms with E-state index in [2.05, 4.69) is 10.3 Å². The highest BCUT2D eigenvalue weighted by atomic mass is 19.4. The Morgan fingerprint density at radius 2 is 2.00 bits per heavy atom. The highest BCUT2D eigenvalue weighted by molar-refractivity contribution is 5.97. The van der Waals surface area contributed by atoms with Crippen LogP contribution in [0.3, 0.4) is 0 Å². The number of alkyl halides is 3. The molecule has 0 unspecified atom stereocenters. The quantitative estimate of drug-likeness (QED) is 0.646. The molecule has 2 aromatic rings. The molecule has 178 valence electrons. The van der Waals surface area contributed by atoms with E-state index in [0.29, 0.717) is 0 Å². The molecule has 3 rings (SSSR count). The third-order valence-electron chi connectivity index (χ3n) is 5.78. The standard InChI is InChI=1S/C21H20F5N3O4/c1-9-14(11-4-5-12(22)15(23)16(11)32-3)17(33-20(9,2)21(24,25)26)19(31)29-10-6-7-28-13(8-10)18(27)30/h4-9,14,17H,1-3H3,(H2,27,30)(H,28,29,31)/t9-,14-,17+,20+/m1/s1/i5D. The first-order chi connectivity index (χ1) is 15.7. The van der Waals surface area contributed by atoms with Gasteiger partial charge in [-0.25, -0.2) is 4.39 Å². The number of nitrogens with two attached hydrogens (primary N) is 1. The van der Waals surface area contributed by atoms with Crippen molar-refractivity contribution < 1.29 is 42.4 Å². The summed E-state index contributed by atoms with van der Waals surface area (Å²) in [5.74, 6) is -8.81. The van der Waals surface area contributed by atoms with Crippen LogP contribution in [-0.4, -0.2) is 41.8 Å². The van der Waals surface area contributed by atoms with Crippen LogP contribution in [0.5, 0.6) is 5.75 Å². The summed E-state index contributed by atoms with van der Waals surface area (Å²) in [6, 6.07) is 2.25. The molecule has 7 nitrogen and oxygen atoms in total. The molecule has 1 aliphatic heterocycles. The second-order valence-corrected chi connectivity index (χ2v) is 7.65. The first kappa shape index (κ1) is 22.9. The minimum atomic E-state index is -4.94. The topological polar surface area (TPSA) is 104 Å². The number of nitrogens with zero attached hydrogens (tertiary/aromatic N) is 1. The molecule has 1 saturated heterocycles. The van der Waals surface area contributed by atoms with Crippen LogP contribution in [0.4, 0.5) is 27.6 Å². The number of methoxy groups -OCH3 is 1. The lowest BCUT2D eigenvalue weighted by Gasteiger charge is -2.32. The van der Waals surface area contributed by atoms with Gasteiger partial charge in [-0.2, -0.15) is 17.6 Å². The Bertz CT molecular complexity index is 1150. The number of primary amides is 1. The highest BCUT2D eigenvalue weighted by Crippen LogP contribution is 2.55. The number of amides is 2. The largest absolute Gasteiger partial charge is 0.493 e. The maximum Gasteiger partial charge on any atom is 0.417 e. The van der Waals surface area contributed by atoms with Crippen LogP contribution in [-0.2, 0) is 9.53 Å². The summed E-state index contributed by atoms with van der Waals surface area (Å²) in [4.78, 5) is 28.1. The van der Waals surface area contributed by atoms with E-state index in [1.54, 1.807) is 0 Å². The first-order valence-corrected chi connectivity index (χ1v) is 9.56. The molecule has 0 spiro atoms. The van der Waals surface area contributed by atoms with E-state index in [-0.39, 0.29) is 16.9 Å². The Morgan fingerprint density at radius 3 is 2.58 bits per heavy atom. The number of nitrogens with one attached hydrogen (secondary N) is 1. The van der Waals surface area contributed by atoms with E-state index in [1.165, 1.54) is 6.07 Å². The van der Waals surface area contributed by atoms with Gasteiger partial charge in [0.1, 0.15) is 11.8 Å². The molecule has 2 heterocycles. The lowest BCUT2D eigenvalue weighted by Crippen LogP contribution is -2.47. The number of hydrogen-bond donors (Lipinski definition) is 2. The molecule has 0 aliphatic carbocycles. The van der Waals surface area contributed by atoms with Crippen molar-refractivity contribution in [2.24, 2.45) is 11.7 Å². The maximum atomic E-state index is 14.5. The zero-order valence-corrected chi connectivity index (χ0v) is 17.6. The summed E-state index contributed by atoms with van der Waals surface area (Å²) in [7, 11) is 0.978. The number of ether oxygens (including phenoxy) is 2. The van der Waals surface area contributed by atoms with Gasteiger partial charge in [0.2, 0.25) is 5.82 Å². The molecule has 12 heteroatoms. The molecule has 33 heavy (non-hydrogen) atoms. The SMILES string of the molecule is [2H]c1cc([C@@H]2[C@@H](C(=O)Nc3ccnc(C(N)=O)c3)O[C@](C)(C(F)(F)F)[C@@H]2C)c(OC)c(F)c1F. The van der Waals surface area contributed by atoms with Gasteiger partial charge >= 0.3 is 6.18 Å².